The van der Waals surface area contributed by atoms with Gasteiger partial charge in [-0.2, -0.15) is 0 Å². The molecule has 0 unspecified atom stereocenters. The molecule has 7 heteroatoms. The van der Waals surface area contributed by atoms with Gasteiger partial charge in [-0.3, -0.25) is 9.59 Å². The molecule has 0 radical (unpaired) electrons. The topological polar surface area (TPSA) is 79.9 Å². The lowest BCUT2D eigenvalue weighted by Gasteiger charge is -2.30. The van der Waals surface area contributed by atoms with Crippen molar-refractivity contribution in [3.8, 4) is 11.5 Å². The molecule has 1 heterocycles. The summed E-state index contributed by atoms with van der Waals surface area (Å²) in [5, 5.41) is 6.44. The van der Waals surface area contributed by atoms with Crippen LogP contribution in [0.1, 0.15) is 54.9 Å². The van der Waals surface area contributed by atoms with Crippen LogP contribution in [-0.2, 0) is 29.1 Å². The first-order valence-electron chi connectivity index (χ1n) is 14.8. The summed E-state index contributed by atoms with van der Waals surface area (Å²) in [5.74, 6) is 1.17. The Labute approximate surface area is 244 Å². The molecule has 3 aromatic rings. The van der Waals surface area contributed by atoms with Crippen molar-refractivity contribution < 1.29 is 19.1 Å². The summed E-state index contributed by atoms with van der Waals surface area (Å²) in [6, 6.07) is 23.7. The van der Waals surface area contributed by atoms with Crippen molar-refractivity contribution in [1.82, 2.24) is 15.5 Å². The molecule has 1 fully saturated rings. The van der Waals surface area contributed by atoms with Gasteiger partial charge in [0.1, 0.15) is 17.5 Å². The van der Waals surface area contributed by atoms with Crippen molar-refractivity contribution in [3.63, 3.8) is 0 Å². The number of hydrogen-bond acceptors (Lipinski definition) is 5. The molecule has 0 aromatic heterocycles. The monoisotopic (exact) mass is 557 g/mol. The number of amides is 2. The quantitative estimate of drug-likeness (QED) is 0.267. The van der Waals surface area contributed by atoms with E-state index in [9.17, 15) is 9.59 Å². The summed E-state index contributed by atoms with van der Waals surface area (Å²) in [5.41, 5.74) is 4.44. The van der Waals surface area contributed by atoms with Crippen molar-refractivity contribution >= 4 is 11.8 Å². The van der Waals surface area contributed by atoms with E-state index < -0.39 is 6.04 Å². The van der Waals surface area contributed by atoms with Gasteiger partial charge in [0.05, 0.1) is 6.61 Å². The van der Waals surface area contributed by atoms with Crippen LogP contribution in [0.5, 0.6) is 11.5 Å². The number of nitrogens with one attached hydrogen (secondary N) is 2. The number of carbonyl (C=O) groups excluding carboxylic acids is 2. The molecule has 4 rings (SSSR count). The summed E-state index contributed by atoms with van der Waals surface area (Å²) < 4.78 is 11.7. The van der Waals surface area contributed by atoms with E-state index in [1.807, 2.05) is 55.5 Å². The first kappa shape index (κ1) is 30.1. The maximum absolute atomic E-state index is 13.5. The SMILES string of the molecule is CCCOc1ccc(CN(C(=O)COc2ccc(CNCCc3ccccc3)cc2)[C@H]2CCCCNC2=O)cc1C. The molecule has 1 atom stereocenters. The maximum Gasteiger partial charge on any atom is 0.261 e. The van der Waals surface area contributed by atoms with Gasteiger partial charge in [-0.05, 0) is 86.0 Å². The first-order valence-corrected chi connectivity index (χ1v) is 14.8. The molecular weight excluding hydrogens is 514 g/mol. The smallest absolute Gasteiger partial charge is 0.261 e. The van der Waals surface area contributed by atoms with Crippen molar-refractivity contribution in [2.24, 2.45) is 0 Å². The second kappa shape index (κ2) is 15.8. The molecule has 1 aliphatic rings. The minimum Gasteiger partial charge on any atom is -0.493 e. The van der Waals surface area contributed by atoms with E-state index >= 15 is 0 Å². The predicted octanol–water partition coefficient (Wildman–Crippen LogP) is 5.19. The molecule has 0 aliphatic carbocycles. The van der Waals surface area contributed by atoms with E-state index in [4.69, 9.17) is 9.47 Å². The molecule has 2 N–H and O–H groups in total. The van der Waals surface area contributed by atoms with Gasteiger partial charge >= 0.3 is 0 Å². The van der Waals surface area contributed by atoms with E-state index in [1.165, 1.54) is 5.56 Å². The van der Waals surface area contributed by atoms with E-state index in [2.05, 4.69) is 41.8 Å². The van der Waals surface area contributed by atoms with Gasteiger partial charge in [0.2, 0.25) is 5.91 Å². The highest BCUT2D eigenvalue weighted by Gasteiger charge is 2.31. The second-order valence-corrected chi connectivity index (χ2v) is 10.6. The second-order valence-electron chi connectivity index (χ2n) is 10.6. The Morgan fingerprint density at radius 1 is 0.976 bits per heavy atom. The first-order chi connectivity index (χ1) is 20.0. The van der Waals surface area contributed by atoms with Crippen molar-refractivity contribution in [3.05, 3.63) is 95.1 Å². The van der Waals surface area contributed by atoms with Crippen LogP contribution in [0.2, 0.25) is 0 Å². The zero-order valence-electron chi connectivity index (χ0n) is 24.4. The average Bonchev–Trinajstić information content (AvgIpc) is 3.21. The Morgan fingerprint density at radius 3 is 2.51 bits per heavy atom. The van der Waals surface area contributed by atoms with Crippen LogP contribution in [0.25, 0.3) is 0 Å². The third kappa shape index (κ3) is 9.35. The summed E-state index contributed by atoms with van der Waals surface area (Å²) in [7, 11) is 0. The average molecular weight is 558 g/mol. The molecule has 1 aliphatic heterocycles. The van der Waals surface area contributed by atoms with Crippen LogP contribution in [0.4, 0.5) is 0 Å². The van der Waals surface area contributed by atoms with Gasteiger partial charge in [-0.25, -0.2) is 0 Å². The Kier molecular flexibility index (Phi) is 11.6. The van der Waals surface area contributed by atoms with E-state index in [0.29, 0.717) is 31.9 Å². The minimum atomic E-state index is -0.519. The normalized spacial score (nSPS) is 15.1. The van der Waals surface area contributed by atoms with Crippen LogP contribution >= 0.6 is 0 Å². The fraction of sp³-hybridized carbons (Fsp3) is 0.412. The number of carbonyl (C=O) groups is 2. The molecule has 3 aromatic carbocycles. The largest absolute Gasteiger partial charge is 0.493 e. The Hall–Kier alpha value is -3.84. The summed E-state index contributed by atoms with van der Waals surface area (Å²) in [4.78, 5) is 28.1. The van der Waals surface area contributed by atoms with Crippen LogP contribution in [0.15, 0.2) is 72.8 Å². The Bertz CT molecular complexity index is 1250. The number of hydrogen-bond donors (Lipinski definition) is 2. The molecule has 1 saturated heterocycles. The third-order valence-corrected chi connectivity index (χ3v) is 7.30. The van der Waals surface area contributed by atoms with Crippen LogP contribution in [0.3, 0.4) is 0 Å². The standard InChI is InChI=1S/C34H43N3O4/c1-3-21-40-32-17-14-29(22-26(32)2)24-37(31-11-7-8-19-36-34(31)39)33(38)25-41-30-15-12-28(13-16-30)23-35-20-18-27-9-5-4-6-10-27/h4-6,9-10,12-17,22,31,35H,3,7-8,11,18-21,23-25H2,1-2H3,(H,36,39)/t31-/m0/s1. The highest BCUT2D eigenvalue weighted by atomic mass is 16.5. The number of ether oxygens (including phenoxy) is 2. The van der Waals surface area contributed by atoms with Gasteiger partial charge in [0, 0.05) is 19.6 Å². The van der Waals surface area contributed by atoms with E-state index in [-0.39, 0.29) is 18.4 Å². The van der Waals surface area contributed by atoms with Crippen LogP contribution < -0.4 is 20.1 Å². The lowest BCUT2D eigenvalue weighted by atomic mass is 10.1. The van der Waals surface area contributed by atoms with Crippen molar-refractivity contribution in [2.45, 2.75) is 65.1 Å². The van der Waals surface area contributed by atoms with Crippen LogP contribution in [-0.4, -0.2) is 49.1 Å². The fourth-order valence-corrected chi connectivity index (χ4v) is 5.01. The molecule has 0 bridgehead atoms. The molecule has 218 valence electrons. The highest BCUT2D eigenvalue weighted by molar-refractivity contribution is 5.88. The van der Waals surface area contributed by atoms with E-state index in [1.54, 1.807) is 4.90 Å². The molecule has 0 spiro atoms. The minimum absolute atomic E-state index is 0.0976. The number of nitrogens with zero attached hydrogens (tertiary/aromatic N) is 1. The van der Waals surface area contributed by atoms with E-state index in [0.717, 1.165) is 61.2 Å². The fourth-order valence-electron chi connectivity index (χ4n) is 5.01. The van der Waals surface area contributed by atoms with Crippen molar-refractivity contribution in [2.75, 3.05) is 26.3 Å². The Balaban J connectivity index is 1.34. The zero-order chi connectivity index (χ0) is 28.9. The van der Waals surface area contributed by atoms with Gasteiger partial charge < -0.3 is 25.0 Å². The lowest BCUT2D eigenvalue weighted by molar-refractivity contribution is -0.142. The van der Waals surface area contributed by atoms with Gasteiger partial charge in [-0.15, -0.1) is 0 Å². The number of aryl methyl sites for hydroxylation is 1. The molecule has 0 saturated carbocycles. The summed E-state index contributed by atoms with van der Waals surface area (Å²) >= 11 is 0. The van der Waals surface area contributed by atoms with Gasteiger partial charge in [0.25, 0.3) is 5.91 Å². The lowest BCUT2D eigenvalue weighted by Crippen LogP contribution is -2.49. The summed E-state index contributed by atoms with van der Waals surface area (Å²) in [6.07, 6.45) is 4.36. The van der Waals surface area contributed by atoms with Crippen LogP contribution in [0, 0.1) is 6.92 Å². The third-order valence-electron chi connectivity index (χ3n) is 7.30. The Morgan fingerprint density at radius 2 is 1.76 bits per heavy atom. The molecule has 2 amide bonds. The predicted molar refractivity (Wildman–Crippen MR) is 162 cm³/mol. The zero-order valence-corrected chi connectivity index (χ0v) is 24.4. The number of benzene rings is 3. The maximum atomic E-state index is 13.5. The molecule has 7 nitrogen and oxygen atoms in total. The highest BCUT2D eigenvalue weighted by Crippen LogP contribution is 2.23. The van der Waals surface area contributed by atoms with Crippen molar-refractivity contribution in [1.29, 1.82) is 0 Å². The van der Waals surface area contributed by atoms with Gasteiger partial charge in [0.15, 0.2) is 6.61 Å². The summed E-state index contributed by atoms with van der Waals surface area (Å²) in [6.45, 7) is 7.25. The number of rotatable bonds is 14. The molecular formula is C34H43N3O4. The molecule has 41 heavy (non-hydrogen) atoms. The van der Waals surface area contributed by atoms with Gasteiger partial charge in [-0.1, -0.05) is 61.5 Å².